The van der Waals surface area contributed by atoms with E-state index in [9.17, 15) is 14.4 Å². The molecule has 35 heavy (non-hydrogen) atoms. The number of carboxylic acids is 1. The number of hydrogen-bond donors (Lipinski definition) is 2. The first-order chi connectivity index (χ1) is 16.9. The minimum Gasteiger partial charge on any atom is -0.475 e. The molecule has 0 bridgehead atoms. The van der Waals surface area contributed by atoms with Crippen LogP contribution < -0.4 is 5.32 Å². The zero-order valence-corrected chi connectivity index (χ0v) is 19.8. The van der Waals surface area contributed by atoms with Crippen molar-refractivity contribution in [3.63, 3.8) is 0 Å². The average molecular weight is 471 g/mol. The monoisotopic (exact) mass is 470 g/mol. The van der Waals surface area contributed by atoms with Crippen LogP contribution in [0.4, 0.5) is 4.79 Å². The topological polar surface area (TPSA) is 86.7 Å². The van der Waals surface area contributed by atoms with Crippen LogP contribution in [0.2, 0.25) is 0 Å². The average Bonchev–Trinajstić information content (AvgIpc) is 2.90. The molecule has 0 aliphatic heterocycles. The second-order valence-corrected chi connectivity index (χ2v) is 9.10. The Hall–Kier alpha value is -3.93. The maximum atomic E-state index is 13.1. The second-order valence-electron chi connectivity index (χ2n) is 9.10. The minimum atomic E-state index is -1.42. The molecular formula is C29H30N2O4. The van der Waals surface area contributed by atoms with E-state index in [-0.39, 0.29) is 12.1 Å². The highest BCUT2D eigenvalue weighted by Crippen LogP contribution is 2.30. The highest BCUT2D eigenvalue weighted by molar-refractivity contribution is 6.40. The van der Waals surface area contributed by atoms with Gasteiger partial charge in [0.25, 0.3) is 5.78 Å². The molecule has 1 unspecified atom stereocenters. The number of hydrogen-bond acceptors (Lipinski definition) is 3. The summed E-state index contributed by atoms with van der Waals surface area (Å²) in [5.41, 5.74) is 4.24. The Morgan fingerprint density at radius 3 is 2.17 bits per heavy atom. The maximum absolute atomic E-state index is 13.1. The molecule has 0 radical (unpaired) electrons. The van der Waals surface area contributed by atoms with Gasteiger partial charge in [0.1, 0.15) is 0 Å². The molecule has 0 spiro atoms. The standard InChI is InChI=1S/C29H30N2O4/c1-31(29(35)30-26(21-9-4-2-5-10-21)22-11-6-3-7-12-22)18-17-20-15-16-24-23(19-20)13-8-14-25(24)27(32)28(33)34/h2-14,20,26H,15-19H2,1H3,(H,30,35)(H,33,34). The van der Waals surface area contributed by atoms with Crippen LogP contribution in [0.15, 0.2) is 78.9 Å². The molecule has 4 rings (SSSR count). The normalized spacial score (nSPS) is 14.7. The number of fused-ring (bicyclic) bond motifs is 1. The molecule has 0 saturated carbocycles. The Morgan fingerprint density at radius 1 is 0.943 bits per heavy atom. The summed E-state index contributed by atoms with van der Waals surface area (Å²) in [6.07, 6.45) is 3.15. The zero-order valence-electron chi connectivity index (χ0n) is 19.8. The van der Waals surface area contributed by atoms with Crippen molar-refractivity contribution in [3.05, 3.63) is 107 Å². The van der Waals surface area contributed by atoms with Crippen LogP contribution in [-0.4, -0.2) is 41.4 Å². The predicted molar refractivity (Wildman–Crippen MR) is 134 cm³/mol. The molecule has 6 heteroatoms. The van der Waals surface area contributed by atoms with E-state index in [4.69, 9.17) is 5.11 Å². The third-order valence-corrected chi connectivity index (χ3v) is 6.78. The first kappa shape index (κ1) is 24.2. The van der Waals surface area contributed by atoms with Gasteiger partial charge in [-0.2, -0.15) is 0 Å². The molecule has 180 valence electrons. The van der Waals surface area contributed by atoms with Gasteiger partial charge >= 0.3 is 12.0 Å². The van der Waals surface area contributed by atoms with Gasteiger partial charge in [0.15, 0.2) is 0 Å². The van der Waals surface area contributed by atoms with Gasteiger partial charge < -0.3 is 15.3 Å². The first-order valence-corrected chi connectivity index (χ1v) is 11.9. The van der Waals surface area contributed by atoms with E-state index in [2.05, 4.69) is 5.32 Å². The van der Waals surface area contributed by atoms with Crippen molar-refractivity contribution in [2.75, 3.05) is 13.6 Å². The second kappa shape index (κ2) is 11.0. The molecule has 6 nitrogen and oxygen atoms in total. The molecule has 1 aliphatic rings. The van der Waals surface area contributed by atoms with Gasteiger partial charge in [-0.15, -0.1) is 0 Å². The quantitative estimate of drug-likeness (QED) is 0.363. The van der Waals surface area contributed by atoms with Crippen LogP contribution in [0, 0.1) is 5.92 Å². The van der Waals surface area contributed by atoms with Crippen molar-refractivity contribution >= 4 is 17.8 Å². The Morgan fingerprint density at radius 2 is 1.57 bits per heavy atom. The third kappa shape index (κ3) is 5.77. The number of aliphatic carboxylic acids is 1. The first-order valence-electron chi connectivity index (χ1n) is 11.9. The molecule has 0 saturated heterocycles. The number of Topliss-reactive ketones (excluding diaryl/α,β-unsaturated/α-hetero) is 1. The summed E-state index contributed by atoms with van der Waals surface area (Å²) in [6.45, 7) is 0.607. The molecule has 3 aromatic rings. The van der Waals surface area contributed by atoms with E-state index >= 15 is 0 Å². The fraction of sp³-hybridized carbons (Fsp3) is 0.276. The summed E-state index contributed by atoms with van der Waals surface area (Å²) in [4.78, 5) is 38.0. The van der Waals surface area contributed by atoms with Crippen molar-refractivity contribution in [2.24, 2.45) is 5.92 Å². The van der Waals surface area contributed by atoms with Crippen LogP contribution in [0.1, 0.15) is 51.5 Å². The highest BCUT2D eigenvalue weighted by Gasteiger charge is 2.26. The third-order valence-electron chi connectivity index (χ3n) is 6.78. The molecule has 1 atom stereocenters. The Labute approximate surface area is 205 Å². The van der Waals surface area contributed by atoms with Gasteiger partial charge in [-0.25, -0.2) is 9.59 Å². The lowest BCUT2D eigenvalue weighted by atomic mass is 9.79. The maximum Gasteiger partial charge on any atom is 0.377 e. The number of benzene rings is 3. The zero-order chi connectivity index (χ0) is 24.8. The number of amides is 2. The Bertz CT molecular complexity index is 1150. The van der Waals surface area contributed by atoms with Crippen molar-refractivity contribution in [1.29, 1.82) is 0 Å². The number of ketones is 1. The summed E-state index contributed by atoms with van der Waals surface area (Å²) >= 11 is 0. The number of rotatable bonds is 8. The van der Waals surface area contributed by atoms with E-state index in [1.165, 1.54) is 0 Å². The van der Waals surface area contributed by atoms with Crippen molar-refractivity contribution < 1.29 is 19.5 Å². The molecule has 2 N–H and O–H groups in total. The smallest absolute Gasteiger partial charge is 0.377 e. The van der Waals surface area contributed by atoms with E-state index in [1.54, 1.807) is 17.0 Å². The largest absolute Gasteiger partial charge is 0.475 e. The van der Waals surface area contributed by atoms with E-state index in [0.717, 1.165) is 41.5 Å². The van der Waals surface area contributed by atoms with Gasteiger partial charge in [0, 0.05) is 19.2 Å². The number of nitrogens with one attached hydrogen (secondary N) is 1. The van der Waals surface area contributed by atoms with Gasteiger partial charge in [-0.1, -0.05) is 78.9 Å². The number of carbonyl (C=O) groups excluding carboxylic acids is 2. The van der Waals surface area contributed by atoms with Gasteiger partial charge in [-0.05, 0) is 53.9 Å². The lowest BCUT2D eigenvalue weighted by Gasteiger charge is -2.29. The van der Waals surface area contributed by atoms with E-state index in [1.807, 2.05) is 73.8 Å². The van der Waals surface area contributed by atoms with Crippen molar-refractivity contribution in [2.45, 2.75) is 31.7 Å². The number of carbonyl (C=O) groups is 3. The summed E-state index contributed by atoms with van der Waals surface area (Å²) < 4.78 is 0. The summed E-state index contributed by atoms with van der Waals surface area (Å²) in [5, 5.41) is 12.3. The van der Waals surface area contributed by atoms with Crippen LogP contribution in [0.25, 0.3) is 0 Å². The predicted octanol–water partition coefficient (Wildman–Crippen LogP) is 4.88. The van der Waals surface area contributed by atoms with Crippen LogP contribution in [0.3, 0.4) is 0 Å². The highest BCUT2D eigenvalue weighted by atomic mass is 16.4. The molecule has 0 aromatic heterocycles. The summed E-state index contributed by atoms with van der Waals surface area (Å²) in [6, 6.07) is 24.8. The SMILES string of the molecule is CN(CCC1CCc2c(cccc2C(=O)C(=O)O)C1)C(=O)NC(c1ccccc1)c1ccccc1. The van der Waals surface area contributed by atoms with Crippen LogP contribution >= 0.6 is 0 Å². The minimum absolute atomic E-state index is 0.131. The van der Waals surface area contributed by atoms with Gasteiger partial charge in [0.05, 0.1) is 6.04 Å². The molecule has 0 heterocycles. The molecule has 1 aliphatic carbocycles. The van der Waals surface area contributed by atoms with Gasteiger partial charge in [0.2, 0.25) is 0 Å². The van der Waals surface area contributed by atoms with E-state index in [0.29, 0.717) is 24.4 Å². The molecule has 3 aromatic carbocycles. The van der Waals surface area contributed by atoms with Crippen LogP contribution in [-0.2, 0) is 17.6 Å². The Balaban J connectivity index is 1.38. The number of urea groups is 1. The Kier molecular flexibility index (Phi) is 7.60. The molecular weight excluding hydrogens is 440 g/mol. The molecule has 0 fully saturated rings. The van der Waals surface area contributed by atoms with Crippen LogP contribution in [0.5, 0.6) is 0 Å². The fourth-order valence-electron chi connectivity index (χ4n) is 4.82. The van der Waals surface area contributed by atoms with Gasteiger partial charge in [-0.3, -0.25) is 4.79 Å². The van der Waals surface area contributed by atoms with Crippen molar-refractivity contribution in [1.82, 2.24) is 10.2 Å². The summed E-state index contributed by atoms with van der Waals surface area (Å²) in [5.74, 6) is -1.90. The van der Waals surface area contributed by atoms with Crippen molar-refractivity contribution in [3.8, 4) is 0 Å². The lowest BCUT2D eigenvalue weighted by molar-refractivity contribution is -0.131. The number of carboxylic acid groups (broad SMARTS) is 1. The van der Waals surface area contributed by atoms with E-state index < -0.39 is 11.8 Å². The molecule has 2 amide bonds. The fourth-order valence-corrected chi connectivity index (χ4v) is 4.82. The lowest BCUT2D eigenvalue weighted by Crippen LogP contribution is -2.40. The number of nitrogens with zero attached hydrogens (tertiary/aromatic N) is 1. The summed E-state index contributed by atoms with van der Waals surface area (Å²) in [7, 11) is 1.81.